The molecule has 274 valence electrons. The number of nitrogens with one attached hydrogen (secondary N) is 1. The van der Waals surface area contributed by atoms with E-state index < -0.39 is 0 Å². The van der Waals surface area contributed by atoms with E-state index in [0.29, 0.717) is 17.5 Å². The van der Waals surface area contributed by atoms with E-state index in [2.05, 4.69) is 64.3 Å². The van der Waals surface area contributed by atoms with Gasteiger partial charge in [0.2, 0.25) is 0 Å². The van der Waals surface area contributed by atoms with E-state index in [1.54, 1.807) is 0 Å². The third kappa shape index (κ3) is 7.55. The summed E-state index contributed by atoms with van der Waals surface area (Å²) in [7, 11) is 1.47. The molecular weight excluding hydrogens is 663 g/mol. The van der Waals surface area contributed by atoms with E-state index >= 15 is 0 Å². The van der Waals surface area contributed by atoms with Crippen LogP contribution < -0.4 is 5.32 Å². The fourth-order valence-corrected chi connectivity index (χ4v) is 8.47. The SMILES string of the molecule is COC(=O)C1CCN(Cc2cnc(-c3cccc(-c4cccc(NC(=O)c5cc(C6CC6)c(CN6CCC(C=O)C6)cn5)c4C)c3C)cc2C2CC2)C1. The molecule has 1 amide bonds. The number of likely N-dealkylation sites (tertiary alicyclic amines) is 2. The van der Waals surface area contributed by atoms with Crippen molar-refractivity contribution in [3.05, 3.63) is 100.0 Å². The van der Waals surface area contributed by atoms with Gasteiger partial charge in [-0.25, -0.2) is 0 Å². The monoisotopic (exact) mass is 711 g/mol. The van der Waals surface area contributed by atoms with Gasteiger partial charge in [0.05, 0.1) is 18.7 Å². The molecule has 1 N–H and O–H groups in total. The van der Waals surface area contributed by atoms with Crippen LogP contribution in [0.1, 0.15) is 94.2 Å². The first kappa shape index (κ1) is 35.3. The molecule has 0 bridgehead atoms. The summed E-state index contributed by atoms with van der Waals surface area (Å²) in [5, 5.41) is 3.18. The fraction of sp³-hybridized carbons (Fsp3) is 0.432. The lowest BCUT2D eigenvalue weighted by molar-refractivity contribution is -0.144. The maximum atomic E-state index is 13.7. The van der Waals surface area contributed by atoms with Crippen molar-refractivity contribution in [3.63, 3.8) is 0 Å². The summed E-state index contributed by atoms with van der Waals surface area (Å²) in [6, 6.07) is 16.7. The topological polar surface area (TPSA) is 105 Å². The van der Waals surface area contributed by atoms with Crippen molar-refractivity contribution in [1.82, 2.24) is 19.8 Å². The molecule has 2 saturated heterocycles. The smallest absolute Gasteiger partial charge is 0.310 e. The highest BCUT2D eigenvalue weighted by Gasteiger charge is 2.33. The second-order valence-corrected chi connectivity index (χ2v) is 15.7. The Balaban J connectivity index is 1.01. The van der Waals surface area contributed by atoms with E-state index in [1.807, 2.05) is 30.6 Å². The molecule has 4 aliphatic rings. The third-order valence-corrected chi connectivity index (χ3v) is 11.9. The summed E-state index contributed by atoms with van der Waals surface area (Å²) < 4.78 is 5.00. The summed E-state index contributed by atoms with van der Waals surface area (Å²) >= 11 is 0. The number of benzene rings is 2. The molecule has 8 rings (SSSR count). The zero-order valence-electron chi connectivity index (χ0n) is 31.1. The molecule has 2 aromatic carbocycles. The molecule has 53 heavy (non-hydrogen) atoms. The molecule has 2 unspecified atom stereocenters. The van der Waals surface area contributed by atoms with E-state index in [0.717, 1.165) is 116 Å². The largest absolute Gasteiger partial charge is 0.469 e. The Morgan fingerprint density at radius 1 is 0.792 bits per heavy atom. The fourth-order valence-electron chi connectivity index (χ4n) is 8.47. The number of amides is 1. The third-order valence-electron chi connectivity index (χ3n) is 11.9. The Kier molecular flexibility index (Phi) is 9.96. The van der Waals surface area contributed by atoms with Crippen LogP contribution in [-0.4, -0.2) is 71.2 Å². The van der Waals surface area contributed by atoms with Crippen molar-refractivity contribution in [2.45, 2.75) is 77.3 Å². The second-order valence-electron chi connectivity index (χ2n) is 15.7. The summed E-state index contributed by atoms with van der Waals surface area (Å²) in [5.41, 5.74) is 12.6. The predicted molar refractivity (Wildman–Crippen MR) is 206 cm³/mol. The highest BCUT2D eigenvalue weighted by molar-refractivity contribution is 6.04. The van der Waals surface area contributed by atoms with Gasteiger partial charge >= 0.3 is 5.97 Å². The van der Waals surface area contributed by atoms with Crippen molar-refractivity contribution in [2.24, 2.45) is 11.8 Å². The van der Waals surface area contributed by atoms with Crippen molar-refractivity contribution in [1.29, 1.82) is 0 Å². The Labute approximate surface area is 312 Å². The zero-order chi connectivity index (χ0) is 36.6. The molecule has 4 fully saturated rings. The van der Waals surface area contributed by atoms with E-state index in [4.69, 9.17) is 9.72 Å². The van der Waals surface area contributed by atoms with Gasteiger partial charge in [-0.2, -0.15) is 0 Å². The number of aldehydes is 1. The first-order valence-electron chi connectivity index (χ1n) is 19.3. The Bertz CT molecular complexity index is 2050. The number of hydrogen-bond donors (Lipinski definition) is 1. The van der Waals surface area contributed by atoms with Gasteiger partial charge in [0.25, 0.3) is 5.91 Å². The lowest BCUT2D eigenvalue weighted by Crippen LogP contribution is -2.24. The highest BCUT2D eigenvalue weighted by Crippen LogP contribution is 2.44. The van der Waals surface area contributed by atoms with E-state index in [9.17, 15) is 14.4 Å². The van der Waals surface area contributed by atoms with Gasteiger partial charge in [-0.1, -0.05) is 30.3 Å². The molecular formula is C44H49N5O4. The summed E-state index contributed by atoms with van der Waals surface area (Å²) in [6.07, 6.45) is 11.4. The molecule has 9 heteroatoms. The number of nitrogens with zero attached hydrogens (tertiary/aromatic N) is 4. The normalized spacial score (nSPS) is 20.4. The number of hydrogen-bond acceptors (Lipinski definition) is 8. The number of carbonyl (C=O) groups excluding carboxylic acids is 3. The van der Waals surface area contributed by atoms with Crippen molar-refractivity contribution in [2.75, 3.05) is 38.6 Å². The van der Waals surface area contributed by atoms with Crippen LogP contribution >= 0.6 is 0 Å². The molecule has 9 nitrogen and oxygen atoms in total. The van der Waals surface area contributed by atoms with Crippen molar-refractivity contribution < 1.29 is 19.1 Å². The second kappa shape index (κ2) is 15.0. The number of carbonyl (C=O) groups is 3. The summed E-state index contributed by atoms with van der Waals surface area (Å²) in [4.78, 5) is 51.4. The highest BCUT2D eigenvalue weighted by atomic mass is 16.5. The first-order valence-corrected chi connectivity index (χ1v) is 19.3. The van der Waals surface area contributed by atoms with Crippen molar-refractivity contribution >= 4 is 23.9 Å². The lowest BCUT2D eigenvalue weighted by atomic mass is 9.91. The molecule has 0 radical (unpaired) electrons. The number of pyridine rings is 2. The van der Waals surface area contributed by atoms with Gasteiger partial charge in [0.15, 0.2) is 0 Å². The van der Waals surface area contributed by atoms with Crippen LogP contribution in [0.5, 0.6) is 0 Å². The quantitative estimate of drug-likeness (QED) is 0.119. The van der Waals surface area contributed by atoms with Gasteiger partial charge in [-0.05, 0) is 140 Å². The van der Waals surface area contributed by atoms with Crippen molar-refractivity contribution in [3.8, 4) is 22.4 Å². The van der Waals surface area contributed by atoms with Crippen LogP contribution in [0.2, 0.25) is 0 Å². The lowest BCUT2D eigenvalue weighted by Gasteiger charge is -2.20. The molecule has 2 aliphatic carbocycles. The van der Waals surface area contributed by atoms with Gasteiger partial charge in [0.1, 0.15) is 12.0 Å². The molecule has 4 aromatic rings. The van der Waals surface area contributed by atoms with Crippen LogP contribution in [0.25, 0.3) is 22.4 Å². The predicted octanol–water partition coefficient (Wildman–Crippen LogP) is 7.45. The molecule has 4 heterocycles. The average Bonchev–Trinajstić information content (AvgIpc) is 4.11. The van der Waals surface area contributed by atoms with Crippen LogP contribution in [0.3, 0.4) is 0 Å². The number of rotatable bonds is 12. The number of ether oxygens (including phenoxy) is 1. The maximum absolute atomic E-state index is 13.7. The molecule has 2 aliphatic heterocycles. The van der Waals surface area contributed by atoms with E-state index in [-0.39, 0.29) is 23.7 Å². The van der Waals surface area contributed by atoms with Crippen LogP contribution in [0.4, 0.5) is 5.69 Å². The molecule has 2 saturated carbocycles. The minimum atomic E-state index is -0.210. The Hall–Kier alpha value is -4.73. The van der Waals surface area contributed by atoms with Gasteiger partial charge in [-0.3, -0.25) is 29.4 Å². The summed E-state index contributed by atoms with van der Waals surface area (Å²) in [6.45, 7) is 9.11. The number of anilines is 1. The van der Waals surface area contributed by atoms with Gasteiger partial charge in [0, 0.05) is 55.7 Å². The summed E-state index contributed by atoms with van der Waals surface area (Å²) in [5.74, 6) is 0.770. The molecule has 2 atom stereocenters. The molecule has 0 spiro atoms. The number of methoxy groups -OCH3 is 1. The minimum Gasteiger partial charge on any atom is -0.469 e. The Morgan fingerprint density at radius 3 is 2.09 bits per heavy atom. The van der Waals surface area contributed by atoms with Crippen LogP contribution in [0, 0.1) is 25.7 Å². The standard InChI is InChI=1S/C44H49N5O4/c1-27-35(6-4-8-37(27)41-18-38(30-10-11-30)33(20-45-41)25-49-17-15-32(23-49)44(52)53-3)36-7-5-9-40(28(36)2)47-43(51)42-19-39(31-12-13-31)34(21-46-42)24-48-16-14-29(22-48)26-50/h4-9,18-21,26,29-32H,10-17,22-25H2,1-3H3,(H,47,51). The minimum absolute atomic E-state index is 0.0507. The van der Waals surface area contributed by atoms with Gasteiger partial charge < -0.3 is 14.8 Å². The zero-order valence-corrected chi connectivity index (χ0v) is 31.1. The number of aromatic nitrogens is 2. The maximum Gasteiger partial charge on any atom is 0.310 e. The van der Waals surface area contributed by atoms with Crippen LogP contribution in [0.15, 0.2) is 60.9 Å². The van der Waals surface area contributed by atoms with Gasteiger partial charge in [-0.15, -0.1) is 0 Å². The van der Waals surface area contributed by atoms with Crippen LogP contribution in [-0.2, 0) is 27.4 Å². The molecule has 2 aromatic heterocycles. The average molecular weight is 712 g/mol. The first-order chi connectivity index (χ1) is 25.8. The number of esters is 1. The van der Waals surface area contributed by atoms with E-state index in [1.165, 1.54) is 36.6 Å². The Morgan fingerprint density at radius 2 is 1.42 bits per heavy atom.